The van der Waals surface area contributed by atoms with Gasteiger partial charge in [0.2, 0.25) is 0 Å². The Labute approximate surface area is 120 Å². The molecule has 0 spiro atoms. The summed E-state index contributed by atoms with van der Waals surface area (Å²) in [6.07, 6.45) is 2.95. The van der Waals surface area contributed by atoms with Crippen molar-refractivity contribution in [3.8, 4) is 0 Å². The van der Waals surface area contributed by atoms with E-state index in [4.69, 9.17) is 0 Å². The molecule has 0 saturated heterocycles. The number of hydrogen-bond donors (Lipinski definition) is 2. The number of nitrogens with one attached hydrogen (secondary N) is 1. The van der Waals surface area contributed by atoms with Crippen LogP contribution in [0.5, 0.6) is 0 Å². The molecule has 0 aliphatic heterocycles. The smallest absolute Gasteiger partial charge is 0.125 e. The fraction of sp³-hybridized carbons (Fsp3) is 0.625. The summed E-state index contributed by atoms with van der Waals surface area (Å²) in [5.41, 5.74) is 1.99. The lowest BCUT2D eigenvalue weighted by atomic mass is 10.0. The minimum absolute atomic E-state index is 0.140. The van der Waals surface area contributed by atoms with Crippen LogP contribution in [0.2, 0.25) is 0 Å². The highest BCUT2D eigenvalue weighted by Crippen LogP contribution is 2.28. The molecule has 0 radical (unpaired) electrons. The van der Waals surface area contributed by atoms with Crippen LogP contribution in [-0.2, 0) is 0 Å². The largest absolute Gasteiger partial charge is 0.393 e. The zero-order valence-electron chi connectivity index (χ0n) is 12.6. The van der Waals surface area contributed by atoms with Crippen molar-refractivity contribution in [1.29, 1.82) is 0 Å². The molecule has 1 aliphatic carbocycles. The van der Waals surface area contributed by atoms with Gasteiger partial charge in [0.05, 0.1) is 6.10 Å². The zero-order valence-corrected chi connectivity index (χ0v) is 12.6. The Morgan fingerprint density at radius 1 is 1.40 bits per heavy atom. The summed E-state index contributed by atoms with van der Waals surface area (Å²) in [7, 11) is 3.84. The van der Waals surface area contributed by atoms with Crippen molar-refractivity contribution in [2.45, 2.75) is 38.3 Å². The Bertz CT molecular complexity index is 450. The number of benzene rings is 1. The Morgan fingerprint density at radius 2 is 2.15 bits per heavy atom. The summed E-state index contributed by atoms with van der Waals surface area (Å²) in [6, 6.07) is 5.05. The molecule has 112 valence electrons. The van der Waals surface area contributed by atoms with E-state index in [0.717, 1.165) is 37.1 Å². The van der Waals surface area contributed by atoms with Crippen molar-refractivity contribution in [2.75, 3.05) is 25.5 Å². The van der Waals surface area contributed by atoms with Crippen molar-refractivity contribution in [2.24, 2.45) is 5.92 Å². The van der Waals surface area contributed by atoms with Crippen molar-refractivity contribution >= 4 is 5.69 Å². The molecule has 0 aromatic heterocycles. The van der Waals surface area contributed by atoms with Crippen molar-refractivity contribution in [3.05, 3.63) is 29.6 Å². The standard InChI is InChI=1S/C16H25FN2O/c1-11(18-10-12-5-4-6-16(12)20)14-8-7-13(17)9-15(14)19(2)3/h7-9,11-12,16,18,20H,4-6,10H2,1-3H3. The second-order valence-electron chi connectivity index (χ2n) is 5.99. The van der Waals surface area contributed by atoms with Crippen molar-refractivity contribution in [3.63, 3.8) is 0 Å². The van der Waals surface area contributed by atoms with E-state index < -0.39 is 0 Å². The molecule has 0 bridgehead atoms. The van der Waals surface area contributed by atoms with Crippen LogP contribution < -0.4 is 10.2 Å². The zero-order chi connectivity index (χ0) is 14.7. The fourth-order valence-corrected chi connectivity index (χ4v) is 2.96. The van der Waals surface area contributed by atoms with E-state index in [0.29, 0.717) is 5.92 Å². The van der Waals surface area contributed by atoms with E-state index in [1.165, 1.54) is 6.07 Å². The van der Waals surface area contributed by atoms with Gasteiger partial charge in [0, 0.05) is 32.4 Å². The van der Waals surface area contributed by atoms with Crippen LogP contribution in [0.4, 0.5) is 10.1 Å². The van der Waals surface area contributed by atoms with E-state index in [1.807, 2.05) is 25.1 Å². The van der Waals surface area contributed by atoms with Crippen LogP contribution in [0, 0.1) is 11.7 Å². The number of aliphatic hydroxyl groups is 1. The Hall–Kier alpha value is -1.13. The summed E-state index contributed by atoms with van der Waals surface area (Å²) in [6.45, 7) is 2.90. The van der Waals surface area contributed by atoms with Crippen molar-refractivity contribution in [1.82, 2.24) is 5.32 Å². The van der Waals surface area contributed by atoms with E-state index in [2.05, 4.69) is 12.2 Å². The van der Waals surface area contributed by atoms with Crippen LogP contribution in [0.3, 0.4) is 0 Å². The lowest BCUT2D eigenvalue weighted by Crippen LogP contribution is -2.30. The molecule has 0 heterocycles. The van der Waals surface area contributed by atoms with E-state index in [1.54, 1.807) is 6.07 Å². The highest BCUT2D eigenvalue weighted by Gasteiger charge is 2.25. The number of anilines is 1. The molecule has 0 amide bonds. The molecule has 20 heavy (non-hydrogen) atoms. The number of hydrogen-bond acceptors (Lipinski definition) is 3. The third-order valence-electron chi connectivity index (χ3n) is 4.25. The molecule has 1 saturated carbocycles. The lowest BCUT2D eigenvalue weighted by molar-refractivity contribution is 0.130. The molecule has 3 atom stereocenters. The first-order valence-corrected chi connectivity index (χ1v) is 7.37. The first kappa shape index (κ1) is 15.3. The average Bonchev–Trinajstić information content (AvgIpc) is 2.81. The summed E-state index contributed by atoms with van der Waals surface area (Å²) in [4.78, 5) is 1.93. The van der Waals surface area contributed by atoms with Gasteiger partial charge in [-0.2, -0.15) is 0 Å². The second kappa shape index (κ2) is 6.55. The van der Waals surface area contributed by atoms with Gasteiger partial charge < -0.3 is 15.3 Å². The molecule has 1 aromatic carbocycles. The van der Waals surface area contributed by atoms with Crippen LogP contribution in [0.1, 0.15) is 37.8 Å². The van der Waals surface area contributed by atoms with Gasteiger partial charge in [-0.1, -0.05) is 12.5 Å². The molecular formula is C16H25FN2O. The number of halogens is 1. The average molecular weight is 280 g/mol. The lowest BCUT2D eigenvalue weighted by Gasteiger charge is -2.24. The minimum atomic E-state index is -0.212. The second-order valence-corrected chi connectivity index (χ2v) is 5.99. The molecule has 2 rings (SSSR count). The normalized spacial score (nSPS) is 23.9. The highest BCUT2D eigenvalue weighted by molar-refractivity contribution is 5.54. The van der Waals surface area contributed by atoms with Crippen LogP contribution >= 0.6 is 0 Å². The van der Waals surface area contributed by atoms with Gasteiger partial charge in [-0.25, -0.2) is 4.39 Å². The van der Waals surface area contributed by atoms with E-state index in [-0.39, 0.29) is 18.0 Å². The molecule has 3 nitrogen and oxygen atoms in total. The summed E-state index contributed by atoms with van der Waals surface area (Å²) in [5, 5.41) is 13.3. The molecule has 1 fully saturated rings. The number of nitrogens with zero attached hydrogens (tertiary/aromatic N) is 1. The van der Waals surface area contributed by atoms with Gasteiger partial charge in [0.25, 0.3) is 0 Å². The molecular weight excluding hydrogens is 255 g/mol. The van der Waals surface area contributed by atoms with Gasteiger partial charge in [0.15, 0.2) is 0 Å². The number of rotatable bonds is 5. The molecule has 1 aliphatic rings. The fourth-order valence-electron chi connectivity index (χ4n) is 2.96. The predicted molar refractivity (Wildman–Crippen MR) is 80.5 cm³/mol. The van der Waals surface area contributed by atoms with Crippen LogP contribution in [-0.4, -0.2) is 31.9 Å². The predicted octanol–water partition coefficient (Wildman–Crippen LogP) is 2.70. The van der Waals surface area contributed by atoms with Gasteiger partial charge in [-0.05, 0) is 43.4 Å². The Morgan fingerprint density at radius 3 is 2.75 bits per heavy atom. The Balaban J connectivity index is 2.03. The number of aliphatic hydroxyl groups excluding tert-OH is 1. The van der Waals surface area contributed by atoms with Gasteiger partial charge in [-0.15, -0.1) is 0 Å². The SMILES string of the molecule is CC(NCC1CCCC1O)c1ccc(F)cc1N(C)C. The quantitative estimate of drug-likeness (QED) is 0.870. The van der Waals surface area contributed by atoms with E-state index >= 15 is 0 Å². The Kier molecular flexibility index (Phi) is 5.00. The molecule has 1 aromatic rings. The van der Waals surface area contributed by atoms with Gasteiger partial charge in [-0.3, -0.25) is 0 Å². The maximum absolute atomic E-state index is 13.4. The van der Waals surface area contributed by atoms with Gasteiger partial charge >= 0.3 is 0 Å². The molecule has 3 unspecified atom stereocenters. The third-order valence-corrected chi connectivity index (χ3v) is 4.25. The maximum atomic E-state index is 13.4. The van der Waals surface area contributed by atoms with Crippen molar-refractivity contribution < 1.29 is 9.50 Å². The summed E-state index contributed by atoms with van der Waals surface area (Å²) in [5.74, 6) is 0.136. The molecule has 2 N–H and O–H groups in total. The highest BCUT2D eigenvalue weighted by atomic mass is 19.1. The first-order valence-electron chi connectivity index (χ1n) is 7.37. The van der Waals surface area contributed by atoms with Gasteiger partial charge in [0.1, 0.15) is 5.82 Å². The summed E-state index contributed by atoms with van der Waals surface area (Å²) < 4.78 is 13.4. The van der Waals surface area contributed by atoms with Crippen LogP contribution in [0.25, 0.3) is 0 Å². The van der Waals surface area contributed by atoms with E-state index in [9.17, 15) is 9.50 Å². The topological polar surface area (TPSA) is 35.5 Å². The molecule has 4 heteroatoms. The first-order chi connectivity index (χ1) is 9.49. The third kappa shape index (κ3) is 3.49. The minimum Gasteiger partial charge on any atom is -0.393 e. The summed E-state index contributed by atoms with van der Waals surface area (Å²) >= 11 is 0. The maximum Gasteiger partial charge on any atom is 0.125 e. The monoisotopic (exact) mass is 280 g/mol. The van der Waals surface area contributed by atoms with Crippen LogP contribution in [0.15, 0.2) is 18.2 Å².